The molecule has 2 unspecified atom stereocenters. The van der Waals surface area contributed by atoms with Crippen molar-refractivity contribution in [1.82, 2.24) is 21.2 Å². The SMILES string of the molecule is CC(C)C(NC(=O)CCOCCN1OC=CO1)C(=O)NC(CCCNC(N)=O)C(=O)Nc1ccc(CO)cc1. The highest BCUT2D eigenvalue weighted by Gasteiger charge is 2.28. The lowest BCUT2D eigenvalue weighted by molar-refractivity contribution is -0.288. The van der Waals surface area contributed by atoms with Crippen LogP contribution in [0.4, 0.5) is 10.5 Å². The molecule has 1 aliphatic heterocycles. The lowest BCUT2D eigenvalue weighted by atomic mass is 10.0. The van der Waals surface area contributed by atoms with Crippen molar-refractivity contribution < 1.29 is 38.7 Å². The molecule has 1 aromatic rings. The number of hydrogen-bond donors (Lipinski definition) is 6. The first-order chi connectivity index (χ1) is 18.7. The zero-order chi connectivity index (χ0) is 28.6. The molecule has 2 rings (SSSR count). The zero-order valence-electron chi connectivity index (χ0n) is 22.2. The molecule has 14 nitrogen and oxygen atoms in total. The molecule has 1 heterocycles. The van der Waals surface area contributed by atoms with E-state index in [9.17, 15) is 24.3 Å². The maximum absolute atomic E-state index is 13.1. The van der Waals surface area contributed by atoms with Gasteiger partial charge in [0.15, 0.2) is 12.5 Å². The fraction of sp³-hybridized carbons (Fsp3) is 0.520. The molecule has 1 aliphatic rings. The molecular formula is C25H38N6O8. The van der Waals surface area contributed by atoms with Crippen LogP contribution in [0.5, 0.6) is 0 Å². The van der Waals surface area contributed by atoms with Crippen molar-refractivity contribution in [3.05, 3.63) is 42.4 Å². The Morgan fingerprint density at radius 2 is 1.72 bits per heavy atom. The molecule has 39 heavy (non-hydrogen) atoms. The molecule has 0 fully saturated rings. The molecule has 7 N–H and O–H groups in total. The quantitative estimate of drug-likeness (QED) is 0.147. The fourth-order valence-electron chi connectivity index (χ4n) is 3.47. The summed E-state index contributed by atoms with van der Waals surface area (Å²) in [7, 11) is 0. The Balaban J connectivity index is 1.91. The first-order valence-electron chi connectivity index (χ1n) is 12.7. The monoisotopic (exact) mass is 550 g/mol. The van der Waals surface area contributed by atoms with Gasteiger partial charge in [0.1, 0.15) is 12.1 Å². The van der Waals surface area contributed by atoms with Gasteiger partial charge in [0.25, 0.3) is 0 Å². The number of amides is 5. The molecule has 14 heteroatoms. The minimum atomic E-state index is -0.948. The number of nitrogens with one attached hydrogen (secondary N) is 4. The van der Waals surface area contributed by atoms with E-state index in [4.69, 9.17) is 20.1 Å². The third-order valence-corrected chi connectivity index (χ3v) is 5.58. The molecule has 0 bridgehead atoms. The largest absolute Gasteiger partial charge is 0.392 e. The van der Waals surface area contributed by atoms with Crippen molar-refractivity contribution in [2.24, 2.45) is 11.7 Å². The van der Waals surface area contributed by atoms with Gasteiger partial charge in [-0.05, 0) is 36.5 Å². The summed E-state index contributed by atoms with van der Waals surface area (Å²) >= 11 is 0. The van der Waals surface area contributed by atoms with E-state index >= 15 is 0 Å². The average Bonchev–Trinajstić information content (AvgIpc) is 3.42. The summed E-state index contributed by atoms with van der Waals surface area (Å²) in [5.41, 5.74) is 6.26. The highest BCUT2D eigenvalue weighted by Crippen LogP contribution is 2.12. The predicted molar refractivity (Wildman–Crippen MR) is 140 cm³/mol. The fourth-order valence-corrected chi connectivity index (χ4v) is 3.47. The molecule has 0 radical (unpaired) electrons. The van der Waals surface area contributed by atoms with Crippen molar-refractivity contribution >= 4 is 29.4 Å². The number of nitrogens with two attached hydrogens (primary N) is 1. The van der Waals surface area contributed by atoms with Gasteiger partial charge >= 0.3 is 6.03 Å². The number of ether oxygens (including phenoxy) is 1. The third-order valence-electron chi connectivity index (χ3n) is 5.58. The molecule has 1 aromatic carbocycles. The lowest BCUT2D eigenvalue weighted by Gasteiger charge is -2.25. The van der Waals surface area contributed by atoms with Crippen molar-refractivity contribution in [2.75, 3.05) is 31.6 Å². The standard InChI is InChI=1S/C25H38N6O8/c1-17(2)22(30-21(33)9-12-37-13-11-31-38-14-15-39-31)24(35)29-20(4-3-10-27-25(26)36)23(34)28-19-7-5-18(16-32)6-8-19/h5-8,14-15,17,20,22,32H,3-4,9-13,16H2,1-2H3,(H,28,34)(H,29,35)(H,30,33)(H3,26,27,36). The van der Waals surface area contributed by atoms with Gasteiger partial charge in [-0.1, -0.05) is 26.0 Å². The molecule has 0 saturated heterocycles. The van der Waals surface area contributed by atoms with Crippen LogP contribution >= 0.6 is 0 Å². The molecule has 0 aliphatic carbocycles. The van der Waals surface area contributed by atoms with Crippen LogP contribution in [0.3, 0.4) is 0 Å². The Morgan fingerprint density at radius 1 is 1.03 bits per heavy atom. The Hall–Kier alpha value is -3.88. The van der Waals surface area contributed by atoms with E-state index in [0.717, 1.165) is 0 Å². The van der Waals surface area contributed by atoms with Gasteiger partial charge in [-0.3, -0.25) is 14.4 Å². The summed E-state index contributed by atoms with van der Waals surface area (Å²) in [6, 6.07) is 4.08. The minimum Gasteiger partial charge on any atom is -0.392 e. The van der Waals surface area contributed by atoms with Crippen LogP contribution in [0.2, 0.25) is 0 Å². The predicted octanol–water partition coefficient (Wildman–Crippen LogP) is 0.248. The third kappa shape index (κ3) is 12.0. The number of aliphatic hydroxyl groups excluding tert-OH is 1. The number of primary amides is 1. The van der Waals surface area contributed by atoms with E-state index in [0.29, 0.717) is 24.2 Å². The molecule has 216 valence electrons. The second-order valence-electron chi connectivity index (χ2n) is 9.03. The van der Waals surface area contributed by atoms with Crippen LogP contribution in [-0.2, 0) is 35.4 Å². The topological polar surface area (TPSA) is 194 Å². The number of anilines is 1. The van der Waals surface area contributed by atoms with Crippen LogP contribution in [0.25, 0.3) is 0 Å². The number of urea groups is 1. The molecule has 2 atom stereocenters. The number of nitrogens with zero attached hydrogens (tertiary/aromatic N) is 1. The highest BCUT2D eigenvalue weighted by molar-refractivity contribution is 5.98. The van der Waals surface area contributed by atoms with E-state index in [1.807, 2.05) is 0 Å². The van der Waals surface area contributed by atoms with Crippen molar-refractivity contribution in [3.63, 3.8) is 0 Å². The van der Waals surface area contributed by atoms with Gasteiger partial charge < -0.3 is 46.5 Å². The maximum atomic E-state index is 13.1. The second-order valence-corrected chi connectivity index (χ2v) is 9.03. The average molecular weight is 551 g/mol. The number of carbonyl (C=O) groups excluding carboxylic acids is 4. The van der Waals surface area contributed by atoms with Gasteiger partial charge in [0.05, 0.1) is 26.4 Å². The maximum Gasteiger partial charge on any atom is 0.312 e. The minimum absolute atomic E-state index is 0.0308. The van der Waals surface area contributed by atoms with Gasteiger partial charge in [-0.15, -0.1) is 0 Å². The van der Waals surface area contributed by atoms with E-state index in [-0.39, 0.29) is 51.0 Å². The van der Waals surface area contributed by atoms with Crippen LogP contribution < -0.4 is 27.0 Å². The number of hydroxylamine groups is 2. The summed E-state index contributed by atoms with van der Waals surface area (Å²) in [6.45, 7) is 4.39. The number of carbonyl (C=O) groups is 4. The summed E-state index contributed by atoms with van der Waals surface area (Å²) in [5, 5.41) is 21.0. The first kappa shape index (κ1) is 31.3. The van der Waals surface area contributed by atoms with E-state index < -0.39 is 29.9 Å². The van der Waals surface area contributed by atoms with Crippen LogP contribution in [0, 0.1) is 5.92 Å². The second kappa shape index (κ2) is 16.9. The molecule has 0 saturated carbocycles. The summed E-state index contributed by atoms with van der Waals surface area (Å²) < 4.78 is 5.41. The molecular weight excluding hydrogens is 512 g/mol. The van der Waals surface area contributed by atoms with Crippen molar-refractivity contribution in [3.8, 4) is 0 Å². The number of rotatable bonds is 17. The highest BCUT2D eigenvalue weighted by atomic mass is 17.0. The van der Waals surface area contributed by atoms with Gasteiger partial charge in [-0.25, -0.2) is 4.79 Å². The molecule has 0 spiro atoms. The first-order valence-corrected chi connectivity index (χ1v) is 12.7. The Labute approximate surface area is 227 Å². The van der Waals surface area contributed by atoms with E-state index in [2.05, 4.69) is 21.3 Å². The number of aliphatic hydroxyl groups is 1. The van der Waals surface area contributed by atoms with E-state index in [1.54, 1.807) is 38.1 Å². The summed E-state index contributed by atoms with van der Waals surface area (Å²) in [5.74, 6) is -1.63. The van der Waals surface area contributed by atoms with Gasteiger partial charge in [-0.2, -0.15) is 0 Å². The molecule has 5 amide bonds. The van der Waals surface area contributed by atoms with Crippen LogP contribution in [0.15, 0.2) is 36.8 Å². The number of benzene rings is 1. The van der Waals surface area contributed by atoms with Crippen LogP contribution in [-0.4, -0.2) is 72.5 Å². The van der Waals surface area contributed by atoms with Gasteiger partial charge in [0, 0.05) is 23.9 Å². The Morgan fingerprint density at radius 3 is 2.33 bits per heavy atom. The summed E-state index contributed by atoms with van der Waals surface area (Å²) in [6.07, 6.45) is 3.37. The van der Waals surface area contributed by atoms with Crippen LogP contribution in [0.1, 0.15) is 38.7 Å². The Kier molecular flexibility index (Phi) is 13.5. The van der Waals surface area contributed by atoms with Gasteiger partial charge in [0.2, 0.25) is 17.7 Å². The smallest absolute Gasteiger partial charge is 0.312 e. The normalized spacial score (nSPS) is 14.2. The number of hydrogen-bond acceptors (Lipinski definition) is 9. The zero-order valence-corrected chi connectivity index (χ0v) is 22.2. The van der Waals surface area contributed by atoms with E-state index in [1.165, 1.54) is 17.8 Å². The molecule has 0 aromatic heterocycles. The summed E-state index contributed by atoms with van der Waals surface area (Å²) in [4.78, 5) is 59.6. The lowest BCUT2D eigenvalue weighted by Crippen LogP contribution is -2.54. The Bertz CT molecular complexity index is 964. The van der Waals surface area contributed by atoms with Crippen molar-refractivity contribution in [1.29, 1.82) is 0 Å². The van der Waals surface area contributed by atoms with Crippen molar-refractivity contribution in [2.45, 2.75) is 51.8 Å².